The number of nitrogens with one attached hydrogen (secondary N) is 1. The molecule has 4 heteroatoms. The summed E-state index contributed by atoms with van der Waals surface area (Å²) in [5.74, 6) is 1.65. The molecule has 1 atom stereocenters. The Balaban J connectivity index is 1.79. The Bertz CT molecular complexity index is 596. The van der Waals surface area contributed by atoms with Gasteiger partial charge in [0.25, 0.3) is 0 Å². The van der Waals surface area contributed by atoms with E-state index in [2.05, 4.69) is 23.5 Å². The number of anilines is 1. The average molecular weight is 270 g/mol. The maximum atomic E-state index is 5.73. The van der Waals surface area contributed by atoms with Crippen LogP contribution in [0.1, 0.15) is 17.2 Å². The molecule has 1 heterocycles. The number of hydrogen-bond donors (Lipinski definition) is 2. The lowest BCUT2D eigenvalue weighted by Crippen LogP contribution is -2.18. The Morgan fingerprint density at radius 2 is 1.85 bits per heavy atom. The Morgan fingerprint density at radius 1 is 1.10 bits per heavy atom. The molecule has 4 nitrogen and oxygen atoms in total. The smallest absolute Gasteiger partial charge is 0.231 e. The molecule has 2 aromatic rings. The first-order chi connectivity index (χ1) is 9.76. The van der Waals surface area contributed by atoms with Gasteiger partial charge in [-0.05, 0) is 48.9 Å². The molecule has 2 aromatic carbocycles. The molecule has 0 bridgehead atoms. The van der Waals surface area contributed by atoms with Crippen molar-refractivity contribution in [3.05, 3.63) is 53.6 Å². The van der Waals surface area contributed by atoms with E-state index in [4.69, 9.17) is 15.2 Å². The van der Waals surface area contributed by atoms with Crippen molar-refractivity contribution in [1.29, 1.82) is 0 Å². The molecule has 3 rings (SSSR count). The molecular weight excluding hydrogens is 252 g/mol. The van der Waals surface area contributed by atoms with Crippen LogP contribution in [0, 0.1) is 0 Å². The zero-order valence-electron chi connectivity index (χ0n) is 11.4. The molecule has 1 aliphatic heterocycles. The predicted molar refractivity (Wildman–Crippen MR) is 78.9 cm³/mol. The van der Waals surface area contributed by atoms with Gasteiger partial charge in [-0.25, -0.2) is 0 Å². The first-order valence-corrected chi connectivity index (χ1v) is 6.67. The SMILES string of the molecule is CNC(Cc1ccc2c(c1)OCO2)c1ccc(N)cc1. The molecule has 0 saturated carbocycles. The van der Waals surface area contributed by atoms with E-state index >= 15 is 0 Å². The lowest BCUT2D eigenvalue weighted by atomic mass is 9.98. The number of ether oxygens (including phenoxy) is 2. The topological polar surface area (TPSA) is 56.5 Å². The van der Waals surface area contributed by atoms with E-state index in [1.807, 2.05) is 31.3 Å². The van der Waals surface area contributed by atoms with Crippen molar-refractivity contribution >= 4 is 5.69 Å². The highest BCUT2D eigenvalue weighted by Gasteiger charge is 2.15. The average Bonchev–Trinajstić information content (AvgIpc) is 2.93. The van der Waals surface area contributed by atoms with E-state index in [-0.39, 0.29) is 6.04 Å². The van der Waals surface area contributed by atoms with Gasteiger partial charge in [0.1, 0.15) is 0 Å². The molecule has 3 N–H and O–H groups in total. The number of nitrogen functional groups attached to an aromatic ring is 1. The standard InChI is InChI=1S/C16H18N2O2/c1-18-14(12-3-5-13(17)6-4-12)8-11-2-7-15-16(9-11)20-10-19-15/h2-7,9,14,18H,8,10,17H2,1H3. The Kier molecular flexibility index (Phi) is 3.48. The Labute approximate surface area is 118 Å². The summed E-state index contributed by atoms with van der Waals surface area (Å²) < 4.78 is 10.7. The van der Waals surface area contributed by atoms with Crippen molar-refractivity contribution in [2.24, 2.45) is 0 Å². The summed E-state index contributed by atoms with van der Waals surface area (Å²) in [5, 5.41) is 3.34. The fraction of sp³-hybridized carbons (Fsp3) is 0.250. The van der Waals surface area contributed by atoms with Gasteiger partial charge in [-0.15, -0.1) is 0 Å². The molecule has 1 aliphatic rings. The van der Waals surface area contributed by atoms with E-state index < -0.39 is 0 Å². The van der Waals surface area contributed by atoms with Crippen LogP contribution in [-0.2, 0) is 6.42 Å². The predicted octanol–water partition coefficient (Wildman–Crippen LogP) is 2.50. The number of benzene rings is 2. The minimum atomic E-state index is 0.246. The van der Waals surface area contributed by atoms with Crippen molar-refractivity contribution < 1.29 is 9.47 Å². The van der Waals surface area contributed by atoms with Crippen molar-refractivity contribution in [2.75, 3.05) is 19.6 Å². The highest BCUT2D eigenvalue weighted by Crippen LogP contribution is 2.33. The van der Waals surface area contributed by atoms with Crippen LogP contribution in [0.4, 0.5) is 5.69 Å². The zero-order chi connectivity index (χ0) is 13.9. The van der Waals surface area contributed by atoms with Gasteiger partial charge in [0, 0.05) is 11.7 Å². The minimum Gasteiger partial charge on any atom is -0.454 e. The molecule has 0 amide bonds. The molecule has 0 aliphatic carbocycles. The maximum absolute atomic E-state index is 5.73. The highest BCUT2D eigenvalue weighted by molar-refractivity contribution is 5.45. The second kappa shape index (κ2) is 5.43. The van der Waals surface area contributed by atoms with E-state index in [9.17, 15) is 0 Å². The molecule has 0 radical (unpaired) electrons. The Morgan fingerprint density at radius 3 is 2.60 bits per heavy atom. The normalized spacial score (nSPS) is 14.2. The highest BCUT2D eigenvalue weighted by atomic mass is 16.7. The molecule has 104 valence electrons. The van der Waals surface area contributed by atoms with Crippen LogP contribution in [-0.4, -0.2) is 13.8 Å². The van der Waals surface area contributed by atoms with Gasteiger partial charge < -0.3 is 20.5 Å². The van der Waals surface area contributed by atoms with Gasteiger partial charge in [0.15, 0.2) is 11.5 Å². The monoisotopic (exact) mass is 270 g/mol. The van der Waals surface area contributed by atoms with Crippen molar-refractivity contribution in [3.63, 3.8) is 0 Å². The van der Waals surface area contributed by atoms with E-state index in [0.717, 1.165) is 23.6 Å². The lowest BCUT2D eigenvalue weighted by Gasteiger charge is -2.17. The molecule has 1 unspecified atom stereocenters. The van der Waals surface area contributed by atoms with Gasteiger partial charge in [-0.2, -0.15) is 0 Å². The number of likely N-dealkylation sites (N-methyl/N-ethyl adjacent to an activating group) is 1. The lowest BCUT2D eigenvalue weighted by molar-refractivity contribution is 0.174. The summed E-state index contributed by atoms with van der Waals surface area (Å²) in [6, 6.07) is 14.3. The Hall–Kier alpha value is -2.20. The molecule has 0 spiro atoms. The van der Waals surface area contributed by atoms with Gasteiger partial charge >= 0.3 is 0 Å². The molecule has 0 saturated heterocycles. The van der Waals surface area contributed by atoms with E-state index in [0.29, 0.717) is 6.79 Å². The summed E-state index contributed by atoms with van der Waals surface area (Å²) in [4.78, 5) is 0. The van der Waals surface area contributed by atoms with Crippen LogP contribution >= 0.6 is 0 Å². The molecule has 0 fully saturated rings. The summed E-state index contributed by atoms with van der Waals surface area (Å²) in [6.45, 7) is 0.312. The quantitative estimate of drug-likeness (QED) is 0.838. The van der Waals surface area contributed by atoms with E-state index in [1.54, 1.807) is 0 Å². The van der Waals surface area contributed by atoms with Gasteiger partial charge in [0.2, 0.25) is 6.79 Å². The van der Waals surface area contributed by atoms with Gasteiger partial charge in [-0.1, -0.05) is 18.2 Å². The summed E-state index contributed by atoms with van der Waals surface area (Å²) in [7, 11) is 1.97. The van der Waals surface area contributed by atoms with Crippen LogP contribution in [0.15, 0.2) is 42.5 Å². The zero-order valence-corrected chi connectivity index (χ0v) is 11.4. The summed E-state index contributed by atoms with van der Waals surface area (Å²) in [5.41, 5.74) is 8.95. The number of nitrogens with two attached hydrogens (primary N) is 1. The van der Waals surface area contributed by atoms with Crippen LogP contribution in [0.25, 0.3) is 0 Å². The first kappa shape index (κ1) is 12.8. The van der Waals surface area contributed by atoms with Gasteiger partial charge in [-0.3, -0.25) is 0 Å². The van der Waals surface area contributed by atoms with Crippen LogP contribution in [0.3, 0.4) is 0 Å². The minimum absolute atomic E-state index is 0.246. The fourth-order valence-corrected chi connectivity index (χ4v) is 2.42. The van der Waals surface area contributed by atoms with E-state index in [1.165, 1.54) is 11.1 Å². The van der Waals surface area contributed by atoms with Crippen LogP contribution < -0.4 is 20.5 Å². The van der Waals surface area contributed by atoms with Crippen molar-refractivity contribution in [2.45, 2.75) is 12.5 Å². The van der Waals surface area contributed by atoms with Gasteiger partial charge in [0.05, 0.1) is 0 Å². The number of hydrogen-bond acceptors (Lipinski definition) is 4. The second-order valence-electron chi connectivity index (χ2n) is 4.90. The van der Waals surface area contributed by atoms with Crippen molar-refractivity contribution in [1.82, 2.24) is 5.32 Å². The third kappa shape index (κ3) is 2.56. The molecule has 0 aromatic heterocycles. The van der Waals surface area contributed by atoms with Crippen LogP contribution in [0.5, 0.6) is 11.5 Å². The third-order valence-electron chi connectivity index (χ3n) is 3.56. The second-order valence-corrected chi connectivity index (χ2v) is 4.90. The first-order valence-electron chi connectivity index (χ1n) is 6.67. The molecular formula is C16H18N2O2. The fourth-order valence-electron chi connectivity index (χ4n) is 2.42. The maximum Gasteiger partial charge on any atom is 0.231 e. The number of fused-ring (bicyclic) bond motifs is 1. The van der Waals surface area contributed by atoms with Crippen LogP contribution in [0.2, 0.25) is 0 Å². The summed E-state index contributed by atoms with van der Waals surface area (Å²) in [6.07, 6.45) is 0.886. The van der Waals surface area contributed by atoms with Crippen molar-refractivity contribution in [3.8, 4) is 11.5 Å². The molecule has 20 heavy (non-hydrogen) atoms. The largest absolute Gasteiger partial charge is 0.454 e. The number of rotatable bonds is 4. The third-order valence-corrected chi connectivity index (χ3v) is 3.56. The summed E-state index contributed by atoms with van der Waals surface area (Å²) >= 11 is 0.